The molecule has 1 aromatic heterocycles. The maximum atomic E-state index is 12.5. The lowest BCUT2D eigenvalue weighted by Gasteiger charge is -2.16. The van der Waals surface area contributed by atoms with Crippen LogP contribution in [0.25, 0.3) is 0 Å². The van der Waals surface area contributed by atoms with Crippen LogP contribution < -0.4 is 0 Å². The smallest absolute Gasteiger partial charge is 0.292 e. The first-order valence-electron chi connectivity index (χ1n) is 5.10. The fourth-order valence-electron chi connectivity index (χ4n) is 1.10. The van der Waals surface area contributed by atoms with Gasteiger partial charge in [0.25, 0.3) is 0 Å². The molecule has 0 spiro atoms. The summed E-state index contributed by atoms with van der Waals surface area (Å²) in [5.74, 6) is -7.57. The minimum atomic E-state index is -5.87. The molecule has 0 aliphatic rings. The van der Waals surface area contributed by atoms with E-state index in [2.05, 4.69) is 9.98 Å². The minimum absolute atomic E-state index is 0.0543. The number of Topliss-reactive ketones (excluding diaryl/α,β-unsaturated/α-hetero) is 1. The van der Waals surface area contributed by atoms with Crippen LogP contribution in [0.15, 0.2) is 29.5 Å². The van der Waals surface area contributed by atoms with Crippen LogP contribution in [0.1, 0.15) is 12.0 Å². The van der Waals surface area contributed by atoms with E-state index in [0.717, 1.165) is 6.21 Å². The van der Waals surface area contributed by atoms with E-state index in [1.807, 2.05) is 0 Å². The van der Waals surface area contributed by atoms with Gasteiger partial charge in [0.2, 0.25) is 5.78 Å². The molecule has 8 heteroatoms. The first kappa shape index (κ1) is 15.2. The second-order valence-corrected chi connectivity index (χ2v) is 3.58. The van der Waals surface area contributed by atoms with Crippen molar-refractivity contribution in [2.75, 3.05) is 0 Å². The molecule has 0 amide bonds. The number of hydrogen-bond donors (Lipinski definition) is 0. The van der Waals surface area contributed by atoms with E-state index in [-0.39, 0.29) is 6.54 Å². The summed E-state index contributed by atoms with van der Waals surface area (Å²) in [6, 6.07) is 3.27. The summed E-state index contributed by atoms with van der Waals surface area (Å²) in [7, 11) is 0. The molecular weight excluding hydrogens is 271 g/mol. The van der Waals surface area contributed by atoms with Gasteiger partial charge in [-0.1, -0.05) is 6.07 Å². The highest BCUT2D eigenvalue weighted by atomic mass is 19.4. The van der Waals surface area contributed by atoms with Crippen LogP contribution in [0.5, 0.6) is 0 Å². The van der Waals surface area contributed by atoms with Crippen molar-refractivity contribution in [1.29, 1.82) is 0 Å². The van der Waals surface area contributed by atoms with Gasteiger partial charge in [0, 0.05) is 25.0 Å². The van der Waals surface area contributed by atoms with Gasteiger partial charge < -0.3 is 0 Å². The van der Waals surface area contributed by atoms with Crippen LogP contribution in [-0.4, -0.2) is 29.1 Å². The van der Waals surface area contributed by atoms with Gasteiger partial charge in [0.15, 0.2) is 0 Å². The van der Waals surface area contributed by atoms with Gasteiger partial charge in [-0.05, 0) is 11.6 Å². The molecule has 0 saturated carbocycles. The molecule has 0 aliphatic carbocycles. The number of carbonyl (C=O) groups is 1. The SMILES string of the molecule is O=C(CC=NCc1cccnc1)C(F)(F)C(F)(F)F. The third-order valence-electron chi connectivity index (χ3n) is 2.11. The number of alkyl halides is 5. The topological polar surface area (TPSA) is 42.3 Å². The van der Waals surface area contributed by atoms with Gasteiger partial charge >= 0.3 is 12.1 Å². The second kappa shape index (κ2) is 5.85. The van der Waals surface area contributed by atoms with Crippen molar-refractivity contribution < 1.29 is 26.7 Å². The Kier molecular flexibility index (Phi) is 4.68. The van der Waals surface area contributed by atoms with Crippen LogP contribution in [-0.2, 0) is 11.3 Å². The Morgan fingerprint density at radius 1 is 1.32 bits per heavy atom. The normalized spacial score (nSPS) is 12.9. The zero-order valence-electron chi connectivity index (χ0n) is 9.49. The van der Waals surface area contributed by atoms with Crippen molar-refractivity contribution in [3.8, 4) is 0 Å². The summed E-state index contributed by atoms with van der Waals surface area (Å²) in [5, 5.41) is 0. The van der Waals surface area contributed by atoms with Gasteiger partial charge in [0.05, 0.1) is 6.54 Å². The zero-order valence-corrected chi connectivity index (χ0v) is 9.49. The molecule has 1 aromatic rings. The summed E-state index contributed by atoms with van der Waals surface area (Å²) in [5.41, 5.74) is 0.647. The number of halogens is 5. The molecule has 0 unspecified atom stereocenters. The Morgan fingerprint density at radius 3 is 2.53 bits per heavy atom. The van der Waals surface area contributed by atoms with Crippen molar-refractivity contribution in [1.82, 2.24) is 4.98 Å². The number of hydrogen-bond acceptors (Lipinski definition) is 3. The molecule has 0 bridgehead atoms. The van der Waals surface area contributed by atoms with Crippen LogP contribution in [0, 0.1) is 0 Å². The van der Waals surface area contributed by atoms with Crippen molar-refractivity contribution in [2.24, 2.45) is 4.99 Å². The molecule has 104 valence electrons. The molecule has 1 rings (SSSR count). The zero-order chi connectivity index (χ0) is 14.5. The van der Waals surface area contributed by atoms with Crippen LogP contribution in [0.4, 0.5) is 22.0 Å². The van der Waals surface area contributed by atoms with Crippen molar-refractivity contribution in [2.45, 2.75) is 25.1 Å². The predicted octanol–water partition coefficient (Wildman–Crippen LogP) is 2.81. The monoisotopic (exact) mass is 280 g/mol. The van der Waals surface area contributed by atoms with Gasteiger partial charge in [-0.3, -0.25) is 14.8 Å². The number of nitrogens with zero attached hydrogens (tertiary/aromatic N) is 2. The lowest BCUT2D eigenvalue weighted by molar-refractivity contribution is -0.268. The standard InChI is InChI=1S/C11H9F5N2O/c12-10(13,11(14,15)16)9(19)3-5-18-7-8-2-1-4-17-6-8/h1-2,4-6H,3,7H2. The summed E-state index contributed by atoms with van der Waals surface area (Å²) in [6.45, 7) is 0.0543. The Balaban J connectivity index is 2.51. The maximum Gasteiger partial charge on any atom is 0.461 e. The van der Waals surface area contributed by atoms with Gasteiger partial charge in [-0.25, -0.2) is 0 Å². The largest absolute Gasteiger partial charge is 0.461 e. The summed E-state index contributed by atoms with van der Waals surface area (Å²) < 4.78 is 60.6. The lowest BCUT2D eigenvalue weighted by Crippen LogP contribution is -2.44. The Morgan fingerprint density at radius 2 is 2.00 bits per heavy atom. The highest BCUT2D eigenvalue weighted by Crippen LogP contribution is 2.36. The van der Waals surface area contributed by atoms with E-state index < -0.39 is 24.3 Å². The van der Waals surface area contributed by atoms with Crippen molar-refractivity contribution in [3.05, 3.63) is 30.1 Å². The van der Waals surface area contributed by atoms with Gasteiger partial charge in [0.1, 0.15) is 0 Å². The van der Waals surface area contributed by atoms with Gasteiger partial charge in [-0.2, -0.15) is 22.0 Å². The number of aromatic nitrogens is 1. The third kappa shape index (κ3) is 4.08. The molecule has 0 N–H and O–H groups in total. The summed E-state index contributed by atoms with van der Waals surface area (Å²) in [4.78, 5) is 18.1. The molecule has 0 aliphatic heterocycles. The highest BCUT2D eigenvalue weighted by Gasteiger charge is 2.62. The minimum Gasteiger partial charge on any atom is -0.292 e. The first-order chi connectivity index (χ1) is 8.75. The number of carbonyl (C=O) groups excluding carboxylic acids is 1. The highest BCUT2D eigenvalue weighted by molar-refractivity contribution is 5.96. The fourth-order valence-corrected chi connectivity index (χ4v) is 1.10. The molecule has 1 heterocycles. The van der Waals surface area contributed by atoms with Crippen LogP contribution >= 0.6 is 0 Å². The molecule has 0 aromatic carbocycles. The average molecular weight is 280 g/mol. The Bertz CT molecular complexity index is 456. The molecule has 0 saturated heterocycles. The van der Waals surface area contributed by atoms with Crippen molar-refractivity contribution >= 4 is 12.0 Å². The van der Waals surface area contributed by atoms with E-state index >= 15 is 0 Å². The summed E-state index contributed by atoms with van der Waals surface area (Å²) in [6.07, 6.45) is -3.23. The second-order valence-electron chi connectivity index (χ2n) is 3.58. The molecule has 0 radical (unpaired) electrons. The molecule has 3 nitrogen and oxygen atoms in total. The third-order valence-corrected chi connectivity index (χ3v) is 2.11. The quantitative estimate of drug-likeness (QED) is 0.615. The lowest BCUT2D eigenvalue weighted by atomic mass is 10.1. The van der Waals surface area contributed by atoms with E-state index in [4.69, 9.17) is 0 Å². The van der Waals surface area contributed by atoms with Crippen LogP contribution in [0.3, 0.4) is 0 Å². The first-order valence-corrected chi connectivity index (χ1v) is 5.10. The Labute approximate surface area is 105 Å². The predicted molar refractivity (Wildman–Crippen MR) is 57.1 cm³/mol. The van der Waals surface area contributed by atoms with E-state index in [9.17, 15) is 26.7 Å². The number of ketones is 1. The van der Waals surface area contributed by atoms with E-state index in [1.165, 1.54) is 12.4 Å². The number of rotatable bonds is 5. The number of aliphatic imine (C=N–C) groups is 1. The molecule has 0 fully saturated rings. The molecular formula is C11H9F5N2O. The van der Waals surface area contributed by atoms with Crippen molar-refractivity contribution in [3.63, 3.8) is 0 Å². The Hall–Kier alpha value is -1.86. The fraction of sp³-hybridized carbons (Fsp3) is 0.364. The number of pyridine rings is 1. The molecule has 0 atom stereocenters. The van der Waals surface area contributed by atoms with E-state index in [1.54, 1.807) is 12.1 Å². The van der Waals surface area contributed by atoms with Gasteiger partial charge in [-0.15, -0.1) is 0 Å². The van der Waals surface area contributed by atoms with E-state index in [0.29, 0.717) is 5.56 Å². The van der Waals surface area contributed by atoms with Crippen LogP contribution in [0.2, 0.25) is 0 Å². The summed E-state index contributed by atoms with van der Waals surface area (Å²) >= 11 is 0. The molecule has 19 heavy (non-hydrogen) atoms. The average Bonchev–Trinajstić information content (AvgIpc) is 2.34. The maximum absolute atomic E-state index is 12.5.